The number of nitrogens with two attached hydrogens (primary N) is 3. The van der Waals surface area contributed by atoms with Crippen LogP contribution in [0.5, 0.6) is 17.2 Å². The van der Waals surface area contributed by atoms with Crippen LogP contribution in [0.1, 0.15) is 133 Å². The van der Waals surface area contributed by atoms with Gasteiger partial charge in [0.2, 0.25) is 35.1 Å². The number of ether oxygens (including phenoxy) is 6. The van der Waals surface area contributed by atoms with E-state index in [1.54, 1.807) is 56.6 Å². The van der Waals surface area contributed by atoms with Crippen molar-refractivity contribution in [2.45, 2.75) is 152 Å². The third kappa shape index (κ3) is 15.0. The molecule has 0 bridgehead atoms. The second-order valence-corrected chi connectivity index (χ2v) is 29.6. The molecule has 6 aromatic rings. The van der Waals surface area contributed by atoms with Gasteiger partial charge < -0.3 is 55.7 Å². The molecule has 3 saturated heterocycles. The van der Waals surface area contributed by atoms with E-state index in [-0.39, 0.29) is 81.0 Å². The van der Waals surface area contributed by atoms with Gasteiger partial charge in [0.05, 0.1) is 50.2 Å². The van der Waals surface area contributed by atoms with Crippen molar-refractivity contribution in [1.82, 2.24) is 15.6 Å². The molecule has 0 saturated carbocycles. The maximum absolute atomic E-state index is 14.9. The fourth-order valence-corrected chi connectivity index (χ4v) is 15.4. The van der Waals surface area contributed by atoms with Crippen LogP contribution in [0, 0.1) is 69.2 Å². The van der Waals surface area contributed by atoms with Gasteiger partial charge in [0.15, 0.2) is 0 Å². The van der Waals surface area contributed by atoms with Crippen LogP contribution in [0.25, 0.3) is 22.3 Å². The number of rotatable bonds is 6. The number of hydroxylamine groups is 5. The number of hydrogen-bond acceptors (Lipinski definition) is 23. The number of nitrogens with zero attached hydrogens (tertiary/aromatic N) is 8. The minimum atomic E-state index is -1.88. The molecule has 15 rings (SSSR count). The maximum Gasteiger partial charge on any atom is 0.491 e. The summed E-state index contributed by atoms with van der Waals surface area (Å²) in [4.78, 5) is 32.3. The van der Waals surface area contributed by atoms with Crippen molar-refractivity contribution in [2.75, 3.05) is 33.9 Å². The quantitative estimate of drug-likeness (QED) is 0.0844. The Labute approximate surface area is 598 Å². The molecule has 0 amide bonds. The number of benzene rings is 6. The number of guanidine groups is 3. The Morgan fingerprint density at radius 2 is 0.902 bits per heavy atom. The number of nitrogens with one attached hydrogen (secondary N) is 1. The van der Waals surface area contributed by atoms with Crippen molar-refractivity contribution >= 4 is 46.4 Å². The number of hydrogen-bond donors (Lipinski definition) is 6. The third-order valence-corrected chi connectivity index (χ3v) is 20.4. The van der Waals surface area contributed by atoms with Crippen LogP contribution >= 0.6 is 15.9 Å². The molecule has 6 aromatic carbocycles. The lowest BCUT2D eigenvalue weighted by Crippen LogP contribution is -2.46. The molecule has 9 aliphatic heterocycles. The summed E-state index contributed by atoms with van der Waals surface area (Å²) in [6.07, 6.45) is 6.77. The van der Waals surface area contributed by atoms with Gasteiger partial charge in [0.25, 0.3) is 0 Å². The van der Waals surface area contributed by atoms with E-state index in [0.29, 0.717) is 89.2 Å². The zero-order chi connectivity index (χ0) is 72.8. The molecule has 0 aliphatic carbocycles. The Hall–Kier alpha value is -8.99. The molecule has 7 unspecified atom stereocenters. The zero-order valence-corrected chi connectivity index (χ0v) is 59.4. The van der Waals surface area contributed by atoms with E-state index in [9.17, 15) is 23.7 Å². The van der Waals surface area contributed by atoms with Gasteiger partial charge >= 0.3 is 7.12 Å². The third-order valence-electron chi connectivity index (χ3n) is 19.9. The van der Waals surface area contributed by atoms with Crippen LogP contribution in [0.2, 0.25) is 0 Å². The molecule has 0 aromatic heterocycles. The Bertz CT molecular complexity index is 4250. The highest BCUT2D eigenvalue weighted by Crippen LogP contribution is 2.53. The fourth-order valence-electron chi connectivity index (χ4n) is 15.0. The first-order valence-electron chi connectivity index (χ1n) is 33.8. The summed E-state index contributed by atoms with van der Waals surface area (Å²) in [5.74, 6) is 1.88. The van der Waals surface area contributed by atoms with Crippen LogP contribution in [0.3, 0.4) is 0 Å². The van der Waals surface area contributed by atoms with Crippen LogP contribution in [0.4, 0.5) is 13.2 Å². The van der Waals surface area contributed by atoms with E-state index >= 15 is 0 Å². The molecule has 9 heterocycles. The van der Waals surface area contributed by atoms with Crippen molar-refractivity contribution in [3.05, 3.63) is 164 Å². The van der Waals surface area contributed by atoms with E-state index in [1.807, 2.05) is 54.6 Å². The lowest BCUT2D eigenvalue weighted by atomic mass is 9.79. The zero-order valence-electron chi connectivity index (χ0n) is 57.8. The highest BCUT2D eigenvalue weighted by molar-refractivity contribution is 9.10. The van der Waals surface area contributed by atoms with Crippen LogP contribution < -0.4 is 42.4 Å². The molecular weight excluding hydrogens is 1380 g/mol. The van der Waals surface area contributed by atoms with Crippen molar-refractivity contribution in [3.63, 3.8) is 0 Å². The summed E-state index contributed by atoms with van der Waals surface area (Å²) in [7, 11) is 1.56. The summed E-state index contributed by atoms with van der Waals surface area (Å²) in [5, 5.41) is 47.0. The number of nitriles is 3. The average molecular weight is 1460 g/mol. The first-order valence-corrected chi connectivity index (χ1v) is 34.5. The topological polar surface area (TPSA) is 329 Å². The van der Waals surface area contributed by atoms with Gasteiger partial charge in [0, 0.05) is 92.0 Å². The SMILES string of the molecule is CC1(C)CC(C2CC3(N=C(N)NO3)c3cc(Br)ccc3O2)CCO1.CN1OC2(C[C@@H](C3CCOC(C)(C)C3)Oc3ccc(-c4cccc(C#N)c4F)cc32)N=C1N.CN1OC2(C[C@H](C3CCOC(C)(C)C3)Oc3ccc(-c4cccc(C#N)c4F)cc32)N=C1N.N#Cc1cccc(B(O)O)c1F. The van der Waals surface area contributed by atoms with E-state index in [4.69, 9.17) is 85.4 Å². The Balaban J connectivity index is 0.000000135. The maximum atomic E-state index is 14.9. The Kier molecular flexibility index (Phi) is 20.5. The first kappa shape index (κ1) is 72.8. The summed E-state index contributed by atoms with van der Waals surface area (Å²) in [6.45, 7) is 14.8. The molecule has 23 nitrogen and oxygen atoms in total. The molecule has 3 spiro atoms. The summed E-state index contributed by atoms with van der Waals surface area (Å²) < 4.78 is 80.7. The predicted molar refractivity (Wildman–Crippen MR) is 375 cm³/mol. The molecule has 9 atom stereocenters. The second-order valence-electron chi connectivity index (χ2n) is 28.7. The van der Waals surface area contributed by atoms with Gasteiger partial charge in [-0.3, -0.25) is 0 Å². The Morgan fingerprint density at radius 3 is 1.26 bits per heavy atom. The molecule has 534 valence electrons. The largest absolute Gasteiger partial charge is 0.491 e. The summed E-state index contributed by atoms with van der Waals surface area (Å²) >= 11 is 3.51. The smallest absolute Gasteiger partial charge is 0.489 e. The van der Waals surface area contributed by atoms with E-state index in [0.717, 1.165) is 60.9 Å². The number of fused-ring (bicyclic) bond motifs is 6. The van der Waals surface area contributed by atoms with Crippen LogP contribution in [-0.2, 0) is 45.9 Å². The van der Waals surface area contributed by atoms with Gasteiger partial charge in [-0.05, 0) is 152 Å². The molecule has 102 heavy (non-hydrogen) atoms. The van der Waals surface area contributed by atoms with E-state index in [2.05, 4.69) is 67.9 Å². The van der Waals surface area contributed by atoms with Gasteiger partial charge in [-0.25, -0.2) is 58.3 Å². The highest BCUT2D eigenvalue weighted by atomic mass is 79.9. The first-order chi connectivity index (χ1) is 48.5. The van der Waals surface area contributed by atoms with Gasteiger partial charge in [0.1, 0.15) is 71.2 Å². The normalized spacial score (nSPS) is 27.3. The average Bonchev–Trinajstić information content (AvgIpc) is 1.53. The number of aliphatic imine (C=N–C) groups is 3. The minimum Gasteiger partial charge on any atom is -0.489 e. The second kappa shape index (κ2) is 28.7. The number of halogens is 4. The van der Waals surface area contributed by atoms with Crippen LogP contribution in [0.15, 0.2) is 129 Å². The highest BCUT2D eigenvalue weighted by Gasteiger charge is 2.54. The van der Waals surface area contributed by atoms with Gasteiger partial charge in [-0.1, -0.05) is 64.5 Å². The lowest BCUT2D eigenvalue weighted by molar-refractivity contribution is -0.199. The van der Waals surface area contributed by atoms with Gasteiger partial charge in [-0.15, -0.1) is 0 Å². The van der Waals surface area contributed by atoms with Crippen molar-refractivity contribution < 1.29 is 66.2 Å². The van der Waals surface area contributed by atoms with E-state index in [1.165, 1.54) is 40.5 Å². The molecular formula is C74H81BBrF3N12O11. The predicted octanol–water partition coefficient (Wildman–Crippen LogP) is 10.3. The molecule has 28 heteroatoms. The molecule has 0 radical (unpaired) electrons. The lowest BCUT2D eigenvalue weighted by Gasteiger charge is -2.44. The monoisotopic (exact) mass is 1460 g/mol. The van der Waals surface area contributed by atoms with Crippen molar-refractivity contribution in [3.8, 4) is 57.7 Å². The molecule has 3 fully saturated rings. The summed E-state index contributed by atoms with van der Waals surface area (Å²) in [5.41, 5.74) is 21.0. The summed E-state index contributed by atoms with van der Waals surface area (Å²) in [6, 6.07) is 35.6. The van der Waals surface area contributed by atoms with Crippen LogP contribution in [-0.4, -0.2) is 114 Å². The van der Waals surface area contributed by atoms with Gasteiger partial charge in [-0.2, -0.15) is 15.8 Å². The minimum absolute atomic E-state index is 0.00232. The molecule has 9 N–H and O–H groups in total. The fraction of sp³-hybridized carbons (Fsp3) is 0.432. The van der Waals surface area contributed by atoms with Crippen molar-refractivity contribution in [2.24, 2.45) is 49.9 Å². The Morgan fingerprint density at radius 1 is 0.520 bits per heavy atom. The van der Waals surface area contributed by atoms with E-state index < -0.39 is 41.7 Å². The van der Waals surface area contributed by atoms with Crippen molar-refractivity contribution in [1.29, 1.82) is 15.8 Å². The standard InChI is InChI=1S/2C25H27FN4O3.C17H22BrN3O3.C7H5BFNO2/c2*1-24(2)12-16(9-10-31-24)21-13-25(29-23(28)30(3)33-25)19-11-15(7-8-20(19)32-21)18-6-4-5-17(14-27)22(18)26;1-16(2)8-10(5-6-22-16)14-9-17(20-15(19)21-24-17)12-7-11(18)3-4-13(12)23-14;9-7-5(4-10)2-1-3-6(7)8(11)12/h2*4-8,11,16,21H,9-10,12-13H2,1-3H3,(H2,28,29);3-4,7,10,14H,5-6,8-9H2,1-2H3,(H3,19,20,21);1-3,11-12H/t2*16?,21-,25?;;/m10../s1. The molecule has 9 aliphatic rings.